The first kappa shape index (κ1) is 21.5. The molecule has 0 radical (unpaired) electrons. The molecular formula is C21H26ClN3O4S. The van der Waals surface area contributed by atoms with E-state index < -0.39 is 0 Å². The number of hydrogen-bond acceptors (Lipinski definition) is 7. The van der Waals surface area contributed by atoms with Crippen molar-refractivity contribution in [1.29, 1.82) is 0 Å². The van der Waals surface area contributed by atoms with Crippen LogP contribution in [0, 0.1) is 0 Å². The van der Waals surface area contributed by atoms with E-state index >= 15 is 0 Å². The molecule has 4 rings (SSSR count). The summed E-state index contributed by atoms with van der Waals surface area (Å²) in [4.78, 5) is 23.1. The zero-order valence-corrected chi connectivity index (χ0v) is 18.6. The van der Waals surface area contributed by atoms with Gasteiger partial charge >= 0.3 is 6.09 Å². The zero-order valence-electron chi connectivity index (χ0n) is 17.0. The van der Waals surface area contributed by atoms with Gasteiger partial charge in [0.1, 0.15) is 5.03 Å². The van der Waals surface area contributed by atoms with Crippen molar-refractivity contribution in [3.05, 3.63) is 34.9 Å². The maximum absolute atomic E-state index is 12.0. The standard InChI is InChI=1S/C21H26ClN3O4S/c1-2-28-21(26)25-9-5-14(6-10-25)18-20(30-17-4-3-16(22)13-23-17)29-19(24-18)15-7-11-27-12-8-15/h3-4,13-15H,2,5-12H2,1H3. The Morgan fingerprint density at radius 1 is 1.23 bits per heavy atom. The highest BCUT2D eigenvalue weighted by Crippen LogP contribution is 2.40. The van der Waals surface area contributed by atoms with Crippen molar-refractivity contribution in [3.63, 3.8) is 0 Å². The highest BCUT2D eigenvalue weighted by Gasteiger charge is 2.31. The first-order valence-electron chi connectivity index (χ1n) is 10.4. The van der Waals surface area contributed by atoms with Crippen LogP contribution in [0.4, 0.5) is 4.79 Å². The number of aromatic nitrogens is 2. The monoisotopic (exact) mass is 451 g/mol. The highest BCUT2D eigenvalue weighted by molar-refractivity contribution is 7.99. The lowest BCUT2D eigenvalue weighted by molar-refractivity contribution is 0.0786. The average molecular weight is 452 g/mol. The molecule has 0 atom stereocenters. The van der Waals surface area contributed by atoms with Crippen LogP contribution in [0.2, 0.25) is 5.02 Å². The van der Waals surface area contributed by atoms with Crippen LogP contribution in [0.15, 0.2) is 32.9 Å². The Labute approximate surface area is 185 Å². The zero-order chi connectivity index (χ0) is 20.9. The fourth-order valence-electron chi connectivity index (χ4n) is 3.85. The molecule has 9 heteroatoms. The molecule has 2 aliphatic rings. The van der Waals surface area contributed by atoms with E-state index in [9.17, 15) is 4.79 Å². The number of pyridine rings is 1. The van der Waals surface area contributed by atoms with Gasteiger partial charge in [-0.3, -0.25) is 0 Å². The Bertz CT molecular complexity index is 846. The second kappa shape index (κ2) is 10.0. The summed E-state index contributed by atoms with van der Waals surface area (Å²) in [6, 6.07) is 3.71. The lowest BCUT2D eigenvalue weighted by Gasteiger charge is -2.30. The van der Waals surface area contributed by atoms with E-state index in [1.54, 1.807) is 11.1 Å². The molecule has 0 saturated carbocycles. The quantitative estimate of drug-likeness (QED) is 0.625. The predicted molar refractivity (Wildman–Crippen MR) is 113 cm³/mol. The second-order valence-electron chi connectivity index (χ2n) is 7.49. The van der Waals surface area contributed by atoms with Gasteiger partial charge < -0.3 is 18.8 Å². The minimum Gasteiger partial charge on any atom is -0.450 e. The average Bonchev–Trinajstić information content (AvgIpc) is 3.20. The molecule has 2 aliphatic heterocycles. The van der Waals surface area contributed by atoms with Crippen molar-refractivity contribution in [2.75, 3.05) is 32.9 Å². The van der Waals surface area contributed by atoms with E-state index in [1.165, 1.54) is 11.8 Å². The fraction of sp³-hybridized carbons (Fsp3) is 0.571. The van der Waals surface area contributed by atoms with Crippen molar-refractivity contribution in [2.24, 2.45) is 0 Å². The molecule has 30 heavy (non-hydrogen) atoms. The Morgan fingerprint density at radius 2 is 2.00 bits per heavy atom. The molecular weight excluding hydrogens is 426 g/mol. The molecule has 162 valence electrons. The number of carbonyl (C=O) groups is 1. The number of nitrogens with zero attached hydrogens (tertiary/aromatic N) is 3. The van der Waals surface area contributed by atoms with Gasteiger partial charge in [0.05, 0.1) is 17.3 Å². The molecule has 0 bridgehead atoms. The van der Waals surface area contributed by atoms with Gasteiger partial charge in [0.15, 0.2) is 11.0 Å². The van der Waals surface area contributed by atoms with E-state index in [1.807, 2.05) is 19.1 Å². The molecule has 0 spiro atoms. The maximum atomic E-state index is 12.0. The first-order valence-corrected chi connectivity index (χ1v) is 11.6. The molecule has 4 heterocycles. The van der Waals surface area contributed by atoms with Crippen molar-refractivity contribution < 1.29 is 18.7 Å². The van der Waals surface area contributed by atoms with Crippen LogP contribution in [-0.4, -0.2) is 53.9 Å². The molecule has 1 amide bonds. The van der Waals surface area contributed by atoms with Crippen LogP contribution in [0.3, 0.4) is 0 Å². The van der Waals surface area contributed by atoms with Crippen LogP contribution >= 0.6 is 23.4 Å². The predicted octanol–water partition coefficient (Wildman–Crippen LogP) is 5.10. The lowest BCUT2D eigenvalue weighted by atomic mass is 9.94. The Kier molecular flexibility index (Phi) is 7.17. The first-order chi connectivity index (χ1) is 14.6. The Hall–Kier alpha value is -1.77. The molecule has 0 aliphatic carbocycles. The molecule has 0 unspecified atom stereocenters. The largest absolute Gasteiger partial charge is 0.450 e. The minimum absolute atomic E-state index is 0.237. The van der Waals surface area contributed by atoms with Crippen LogP contribution in [0.25, 0.3) is 0 Å². The van der Waals surface area contributed by atoms with Gasteiger partial charge in [0.25, 0.3) is 0 Å². The van der Waals surface area contributed by atoms with Gasteiger partial charge in [-0.25, -0.2) is 14.8 Å². The summed E-state index contributed by atoms with van der Waals surface area (Å²) in [5.41, 5.74) is 0.974. The van der Waals surface area contributed by atoms with Gasteiger partial charge in [-0.05, 0) is 56.5 Å². The SMILES string of the molecule is CCOC(=O)N1CCC(c2nc(C3CCOCC3)oc2Sc2ccc(Cl)cn2)CC1. The summed E-state index contributed by atoms with van der Waals surface area (Å²) in [6.45, 7) is 5.01. The third-order valence-corrected chi connectivity index (χ3v) is 6.66. The topological polar surface area (TPSA) is 77.7 Å². The summed E-state index contributed by atoms with van der Waals surface area (Å²) in [7, 11) is 0. The van der Waals surface area contributed by atoms with Gasteiger partial charge in [-0.2, -0.15) is 0 Å². The Morgan fingerprint density at radius 3 is 2.67 bits per heavy atom. The van der Waals surface area contributed by atoms with E-state index in [0.29, 0.717) is 24.7 Å². The number of likely N-dealkylation sites (tertiary alicyclic amines) is 1. The summed E-state index contributed by atoms with van der Waals surface area (Å²) >= 11 is 7.45. The third kappa shape index (κ3) is 5.10. The molecule has 2 aromatic rings. The molecule has 0 aromatic carbocycles. The number of piperidine rings is 1. The molecule has 0 N–H and O–H groups in total. The highest BCUT2D eigenvalue weighted by atomic mass is 35.5. The summed E-state index contributed by atoms with van der Waals surface area (Å²) in [5.74, 6) is 1.31. The molecule has 2 saturated heterocycles. The van der Waals surface area contributed by atoms with Crippen LogP contribution in [0.1, 0.15) is 56.0 Å². The second-order valence-corrected chi connectivity index (χ2v) is 8.92. The van der Waals surface area contributed by atoms with Crippen LogP contribution in [-0.2, 0) is 9.47 Å². The number of oxazole rings is 1. The number of hydrogen-bond donors (Lipinski definition) is 0. The van der Waals surface area contributed by atoms with Gasteiger partial charge in [-0.1, -0.05) is 11.6 Å². The van der Waals surface area contributed by atoms with Crippen molar-refractivity contribution >= 4 is 29.5 Å². The number of ether oxygens (including phenoxy) is 2. The number of carbonyl (C=O) groups excluding carboxylic acids is 1. The number of amides is 1. The van der Waals surface area contributed by atoms with Crippen LogP contribution < -0.4 is 0 Å². The smallest absolute Gasteiger partial charge is 0.409 e. The van der Waals surface area contributed by atoms with Crippen molar-refractivity contribution in [2.45, 2.75) is 54.6 Å². The molecule has 2 fully saturated rings. The normalized spacial score (nSPS) is 18.5. The number of halogens is 1. The number of rotatable bonds is 5. The summed E-state index contributed by atoms with van der Waals surface area (Å²) < 4.78 is 16.9. The van der Waals surface area contributed by atoms with E-state index in [4.69, 9.17) is 30.5 Å². The van der Waals surface area contributed by atoms with Crippen molar-refractivity contribution in [1.82, 2.24) is 14.9 Å². The fourth-order valence-corrected chi connectivity index (χ4v) is 4.84. The van der Waals surface area contributed by atoms with Gasteiger partial charge in [0.2, 0.25) is 0 Å². The Balaban J connectivity index is 1.53. The minimum atomic E-state index is -0.237. The molecule has 2 aromatic heterocycles. The molecule has 7 nitrogen and oxygen atoms in total. The third-order valence-electron chi connectivity index (χ3n) is 5.51. The van der Waals surface area contributed by atoms with E-state index in [-0.39, 0.29) is 17.9 Å². The van der Waals surface area contributed by atoms with Crippen molar-refractivity contribution in [3.8, 4) is 0 Å². The summed E-state index contributed by atoms with van der Waals surface area (Å²) in [6.07, 6.45) is 4.91. The van der Waals surface area contributed by atoms with Gasteiger partial charge in [0, 0.05) is 44.3 Å². The van der Waals surface area contributed by atoms with Gasteiger partial charge in [-0.15, -0.1) is 0 Å². The van der Waals surface area contributed by atoms with Crippen LogP contribution in [0.5, 0.6) is 0 Å². The van der Waals surface area contributed by atoms with E-state index in [0.717, 1.165) is 60.6 Å². The van der Waals surface area contributed by atoms with E-state index in [2.05, 4.69) is 4.98 Å². The summed E-state index contributed by atoms with van der Waals surface area (Å²) in [5, 5.41) is 2.21. The maximum Gasteiger partial charge on any atom is 0.409 e. The lowest BCUT2D eigenvalue weighted by Crippen LogP contribution is -2.38.